The Hall–Kier alpha value is -2.15. The summed E-state index contributed by atoms with van der Waals surface area (Å²) in [4.78, 5) is 34.5. The van der Waals surface area contributed by atoms with Crippen molar-refractivity contribution in [3.63, 3.8) is 0 Å². The molecule has 0 saturated carbocycles. The summed E-state index contributed by atoms with van der Waals surface area (Å²) < 4.78 is 5.64. The molecule has 0 aliphatic rings. The lowest BCUT2D eigenvalue weighted by Gasteiger charge is -2.20. The normalized spacial score (nSPS) is 11.1. The summed E-state index contributed by atoms with van der Waals surface area (Å²) in [6.45, 7) is 4.82. The predicted molar refractivity (Wildman–Crippen MR) is 90.6 cm³/mol. The summed E-state index contributed by atoms with van der Waals surface area (Å²) in [5.74, 6) is -1.37. The number of rotatable bonds is 4. The molecule has 0 bridgehead atoms. The van der Waals surface area contributed by atoms with Gasteiger partial charge in [0.1, 0.15) is 0 Å². The van der Waals surface area contributed by atoms with Crippen LogP contribution in [0.4, 0.5) is 4.79 Å². The van der Waals surface area contributed by atoms with E-state index in [2.05, 4.69) is 26.6 Å². The maximum atomic E-state index is 11.5. The molecule has 1 rings (SSSR count). The third-order valence-corrected chi connectivity index (χ3v) is 2.84. The number of ether oxygens (including phenoxy) is 1. The number of carbonyl (C=O) groups excluding carboxylic acids is 3. The molecule has 0 spiro atoms. The Morgan fingerprint density at radius 2 is 1.96 bits per heavy atom. The highest BCUT2D eigenvalue weighted by atomic mass is 79.9. The number of nitrogens with one attached hydrogen (secondary N) is 2. The Morgan fingerprint density at radius 1 is 1.26 bits per heavy atom. The molecule has 0 fully saturated rings. The van der Waals surface area contributed by atoms with Crippen molar-refractivity contribution in [2.45, 2.75) is 26.3 Å². The second kappa shape index (κ2) is 8.47. The number of urea groups is 1. The lowest BCUT2D eigenvalue weighted by Crippen LogP contribution is -2.49. The first-order chi connectivity index (χ1) is 10.7. The highest BCUT2D eigenvalue weighted by Crippen LogP contribution is 2.12. The van der Waals surface area contributed by atoms with Crippen molar-refractivity contribution in [1.29, 1.82) is 0 Å². The van der Waals surface area contributed by atoms with Gasteiger partial charge in [0.15, 0.2) is 6.61 Å². The minimum absolute atomic E-state index is 0.465. The number of halogens is 1. The first kappa shape index (κ1) is 18.9. The number of amides is 3. The van der Waals surface area contributed by atoms with Crippen molar-refractivity contribution in [2.24, 2.45) is 0 Å². The molecule has 0 atom stereocenters. The van der Waals surface area contributed by atoms with Crippen molar-refractivity contribution < 1.29 is 19.1 Å². The van der Waals surface area contributed by atoms with Gasteiger partial charge >= 0.3 is 12.0 Å². The molecule has 0 saturated heterocycles. The van der Waals surface area contributed by atoms with Crippen molar-refractivity contribution in [1.82, 2.24) is 10.6 Å². The summed E-state index contributed by atoms with van der Waals surface area (Å²) in [6.07, 6.45) is 2.78. The van der Waals surface area contributed by atoms with Crippen LogP contribution in [0.15, 0.2) is 34.8 Å². The van der Waals surface area contributed by atoms with E-state index in [-0.39, 0.29) is 0 Å². The topological polar surface area (TPSA) is 84.5 Å². The van der Waals surface area contributed by atoms with Crippen LogP contribution >= 0.6 is 15.9 Å². The zero-order valence-electron chi connectivity index (χ0n) is 13.2. The zero-order chi connectivity index (χ0) is 17.5. The van der Waals surface area contributed by atoms with Gasteiger partial charge in [0.25, 0.3) is 5.91 Å². The van der Waals surface area contributed by atoms with Crippen LogP contribution in [0.1, 0.15) is 26.3 Å². The van der Waals surface area contributed by atoms with Crippen LogP contribution < -0.4 is 10.6 Å². The number of carbonyl (C=O) groups is 3. The number of hydrogen-bond acceptors (Lipinski definition) is 4. The number of imide groups is 1. The van der Waals surface area contributed by atoms with Crippen molar-refractivity contribution in [2.75, 3.05) is 6.61 Å². The van der Waals surface area contributed by atoms with E-state index in [4.69, 9.17) is 4.74 Å². The fraction of sp³-hybridized carbons (Fsp3) is 0.312. The summed E-state index contributed by atoms with van der Waals surface area (Å²) in [5.41, 5.74) is 0.346. The van der Waals surface area contributed by atoms with Gasteiger partial charge in [0, 0.05) is 16.1 Å². The largest absolute Gasteiger partial charge is 0.452 e. The van der Waals surface area contributed by atoms with Crippen LogP contribution in [-0.4, -0.2) is 30.1 Å². The molecule has 0 aromatic heterocycles. The van der Waals surface area contributed by atoms with Crippen LogP contribution in [0.25, 0.3) is 6.08 Å². The smallest absolute Gasteiger partial charge is 0.331 e. The van der Waals surface area contributed by atoms with Gasteiger partial charge in [-0.3, -0.25) is 10.1 Å². The van der Waals surface area contributed by atoms with Crippen molar-refractivity contribution in [3.8, 4) is 0 Å². The number of hydrogen-bond donors (Lipinski definition) is 2. The quantitative estimate of drug-likeness (QED) is 0.619. The predicted octanol–water partition coefficient (Wildman–Crippen LogP) is 2.63. The van der Waals surface area contributed by atoms with E-state index in [1.807, 2.05) is 24.3 Å². The first-order valence-corrected chi connectivity index (χ1v) is 7.67. The number of esters is 1. The van der Waals surface area contributed by atoms with E-state index in [1.54, 1.807) is 26.8 Å². The van der Waals surface area contributed by atoms with E-state index >= 15 is 0 Å². The number of benzene rings is 1. The molecule has 124 valence electrons. The molecule has 1 aromatic carbocycles. The van der Waals surface area contributed by atoms with Gasteiger partial charge in [0.2, 0.25) is 0 Å². The lowest BCUT2D eigenvalue weighted by molar-refractivity contribution is -0.143. The third-order valence-electron chi connectivity index (χ3n) is 2.35. The summed E-state index contributed by atoms with van der Waals surface area (Å²) in [7, 11) is 0. The lowest BCUT2D eigenvalue weighted by atomic mass is 10.1. The molecule has 6 nitrogen and oxygen atoms in total. The van der Waals surface area contributed by atoms with Gasteiger partial charge in [-0.15, -0.1) is 0 Å². The fourth-order valence-corrected chi connectivity index (χ4v) is 1.91. The summed E-state index contributed by atoms with van der Waals surface area (Å²) in [6, 6.07) is 6.70. The molecular formula is C16H19BrN2O4. The average Bonchev–Trinajstić information content (AvgIpc) is 2.40. The van der Waals surface area contributed by atoms with E-state index in [0.29, 0.717) is 0 Å². The standard InChI is InChI=1S/C16H19BrN2O4/c1-16(2,3)19-15(22)18-13(20)10-23-14(21)8-7-11-5-4-6-12(17)9-11/h4-9H,10H2,1-3H3,(H2,18,19,20,22). The second-order valence-corrected chi connectivity index (χ2v) is 6.66. The Balaban J connectivity index is 2.38. The average molecular weight is 383 g/mol. The van der Waals surface area contributed by atoms with E-state index < -0.39 is 30.1 Å². The third kappa shape index (κ3) is 8.77. The Labute approximate surface area is 143 Å². The molecule has 0 radical (unpaired) electrons. The summed E-state index contributed by atoms with van der Waals surface area (Å²) in [5, 5.41) is 4.64. The van der Waals surface area contributed by atoms with E-state index in [9.17, 15) is 14.4 Å². The Bertz CT molecular complexity index is 621. The molecule has 1 aromatic rings. The molecule has 0 aliphatic carbocycles. The van der Waals surface area contributed by atoms with E-state index in [1.165, 1.54) is 6.08 Å². The maximum absolute atomic E-state index is 11.5. The Morgan fingerprint density at radius 3 is 2.57 bits per heavy atom. The molecule has 7 heteroatoms. The molecule has 3 amide bonds. The van der Waals surface area contributed by atoms with Crippen molar-refractivity contribution in [3.05, 3.63) is 40.4 Å². The first-order valence-electron chi connectivity index (χ1n) is 6.88. The van der Waals surface area contributed by atoms with Gasteiger partial charge in [-0.2, -0.15) is 0 Å². The van der Waals surface area contributed by atoms with E-state index in [0.717, 1.165) is 10.0 Å². The van der Waals surface area contributed by atoms with Gasteiger partial charge in [0.05, 0.1) is 0 Å². The highest BCUT2D eigenvalue weighted by molar-refractivity contribution is 9.10. The monoisotopic (exact) mass is 382 g/mol. The highest BCUT2D eigenvalue weighted by Gasteiger charge is 2.16. The van der Waals surface area contributed by atoms with Crippen LogP contribution in [-0.2, 0) is 14.3 Å². The van der Waals surface area contributed by atoms with Crippen molar-refractivity contribution >= 4 is 39.9 Å². The minimum atomic E-state index is -0.698. The van der Waals surface area contributed by atoms with Gasteiger partial charge < -0.3 is 10.1 Å². The molecule has 0 unspecified atom stereocenters. The molecule has 0 aliphatic heterocycles. The van der Waals surface area contributed by atoms with Gasteiger partial charge in [-0.05, 0) is 44.5 Å². The molecule has 23 heavy (non-hydrogen) atoms. The van der Waals surface area contributed by atoms with Gasteiger partial charge in [-0.1, -0.05) is 28.1 Å². The Kier molecular flexibility index (Phi) is 6.96. The summed E-state index contributed by atoms with van der Waals surface area (Å²) >= 11 is 3.32. The van der Waals surface area contributed by atoms with Gasteiger partial charge in [-0.25, -0.2) is 9.59 Å². The van der Waals surface area contributed by atoms with Crippen LogP contribution in [0.5, 0.6) is 0 Å². The molecule has 2 N–H and O–H groups in total. The maximum Gasteiger partial charge on any atom is 0.331 e. The van der Waals surface area contributed by atoms with Crippen LogP contribution in [0.2, 0.25) is 0 Å². The fourth-order valence-electron chi connectivity index (χ4n) is 1.49. The van der Waals surface area contributed by atoms with Crippen LogP contribution in [0, 0.1) is 0 Å². The van der Waals surface area contributed by atoms with Crippen LogP contribution in [0.3, 0.4) is 0 Å². The minimum Gasteiger partial charge on any atom is -0.452 e. The zero-order valence-corrected chi connectivity index (χ0v) is 14.8. The SMILES string of the molecule is CC(C)(C)NC(=O)NC(=O)COC(=O)C=Cc1cccc(Br)c1. The molecule has 0 heterocycles. The molecular weight excluding hydrogens is 364 g/mol. The second-order valence-electron chi connectivity index (χ2n) is 5.75.